The lowest BCUT2D eigenvalue weighted by Crippen LogP contribution is -2.29. The maximum absolute atomic E-state index is 11.4. The molecular formula is C9H10O3. The lowest BCUT2D eigenvalue weighted by molar-refractivity contribution is -0.136. The highest BCUT2D eigenvalue weighted by Crippen LogP contribution is 2.43. The van der Waals surface area contributed by atoms with Gasteiger partial charge in [-0.1, -0.05) is 0 Å². The summed E-state index contributed by atoms with van der Waals surface area (Å²) >= 11 is 0. The Balaban J connectivity index is 2.35. The highest BCUT2D eigenvalue weighted by atomic mass is 16.2. The summed E-state index contributed by atoms with van der Waals surface area (Å²) in [7, 11) is 0. The molecular weight excluding hydrogens is 156 g/mol. The Morgan fingerprint density at radius 1 is 0.917 bits per heavy atom. The standard InChI is InChI=1S/C9H10O3/c10-6-3-4-9(5-6)7(11)1-2-8(9)12/h1-5H2. The van der Waals surface area contributed by atoms with Crippen LogP contribution in [0.2, 0.25) is 0 Å². The molecule has 0 aromatic heterocycles. The molecule has 12 heavy (non-hydrogen) atoms. The van der Waals surface area contributed by atoms with Crippen LogP contribution >= 0.6 is 0 Å². The van der Waals surface area contributed by atoms with Crippen LogP contribution in [0.4, 0.5) is 0 Å². The maximum atomic E-state index is 11.4. The Kier molecular flexibility index (Phi) is 1.43. The van der Waals surface area contributed by atoms with Crippen molar-refractivity contribution in [2.75, 3.05) is 0 Å². The molecule has 2 rings (SSSR count). The third kappa shape index (κ3) is 0.792. The summed E-state index contributed by atoms with van der Waals surface area (Å²) in [5.41, 5.74) is -0.850. The molecule has 0 radical (unpaired) electrons. The van der Waals surface area contributed by atoms with Gasteiger partial charge in [0.05, 0.1) is 5.41 Å². The number of hydrogen-bond acceptors (Lipinski definition) is 3. The van der Waals surface area contributed by atoms with Gasteiger partial charge in [0.2, 0.25) is 0 Å². The van der Waals surface area contributed by atoms with Crippen LogP contribution in [0, 0.1) is 5.41 Å². The minimum atomic E-state index is -0.850. The van der Waals surface area contributed by atoms with E-state index in [1.54, 1.807) is 0 Å². The first-order chi connectivity index (χ1) is 5.65. The number of ketones is 3. The molecule has 2 aliphatic rings. The first-order valence-corrected chi connectivity index (χ1v) is 4.23. The van der Waals surface area contributed by atoms with E-state index >= 15 is 0 Å². The molecule has 0 aromatic carbocycles. The lowest BCUT2D eigenvalue weighted by atomic mass is 9.83. The van der Waals surface area contributed by atoms with E-state index in [-0.39, 0.29) is 23.8 Å². The monoisotopic (exact) mass is 166 g/mol. The third-order valence-corrected chi connectivity index (χ3v) is 2.98. The normalized spacial score (nSPS) is 27.5. The van der Waals surface area contributed by atoms with E-state index in [9.17, 15) is 14.4 Å². The minimum absolute atomic E-state index is 0.00153. The van der Waals surface area contributed by atoms with Gasteiger partial charge in [-0.05, 0) is 6.42 Å². The molecule has 0 aromatic rings. The molecule has 64 valence electrons. The molecule has 0 amide bonds. The van der Waals surface area contributed by atoms with Crippen LogP contribution in [0.1, 0.15) is 32.1 Å². The van der Waals surface area contributed by atoms with Gasteiger partial charge in [-0.15, -0.1) is 0 Å². The van der Waals surface area contributed by atoms with Gasteiger partial charge in [0.15, 0.2) is 0 Å². The topological polar surface area (TPSA) is 51.2 Å². The Bertz CT molecular complexity index is 261. The number of hydrogen-bond donors (Lipinski definition) is 0. The Morgan fingerprint density at radius 3 is 1.92 bits per heavy atom. The molecule has 3 heteroatoms. The molecule has 2 aliphatic carbocycles. The van der Waals surface area contributed by atoms with Crippen molar-refractivity contribution in [3.8, 4) is 0 Å². The summed E-state index contributed by atoms with van der Waals surface area (Å²) in [5, 5.41) is 0. The predicted octanol–water partition coefficient (Wildman–Crippen LogP) is 0.658. The summed E-state index contributed by atoms with van der Waals surface area (Å²) in [6.07, 6.45) is 1.78. The van der Waals surface area contributed by atoms with Crippen molar-refractivity contribution < 1.29 is 14.4 Å². The van der Waals surface area contributed by atoms with Crippen LogP contribution in [-0.4, -0.2) is 17.3 Å². The van der Waals surface area contributed by atoms with Gasteiger partial charge in [0.25, 0.3) is 0 Å². The van der Waals surface area contributed by atoms with Gasteiger partial charge in [0.1, 0.15) is 17.3 Å². The molecule has 0 unspecified atom stereocenters. The summed E-state index contributed by atoms with van der Waals surface area (Å²) in [6, 6.07) is 0. The molecule has 3 nitrogen and oxygen atoms in total. The first-order valence-electron chi connectivity index (χ1n) is 4.23. The molecule has 0 heterocycles. The van der Waals surface area contributed by atoms with Crippen molar-refractivity contribution >= 4 is 17.3 Å². The van der Waals surface area contributed by atoms with E-state index in [1.165, 1.54) is 0 Å². The van der Waals surface area contributed by atoms with Gasteiger partial charge in [-0.3, -0.25) is 14.4 Å². The molecule has 0 bridgehead atoms. The second-order valence-electron chi connectivity index (χ2n) is 3.64. The Labute approximate surface area is 70.1 Å². The minimum Gasteiger partial charge on any atom is -0.300 e. The van der Waals surface area contributed by atoms with Crippen molar-refractivity contribution in [1.29, 1.82) is 0 Å². The van der Waals surface area contributed by atoms with Crippen LogP contribution in [0.5, 0.6) is 0 Å². The summed E-state index contributed by atoms with van der Waals surface area (Å²) in [5.74, 6) is 0.0651. The van der Waals surface area contributed by atoms with E-state index in [0.29, 0.717) is 25.7 Å². The first kappa shape index (κ1) is 7.65. The Hall–Kier alpha value is -0.990. The average molecular weight is 166 g/mol. The van der Waals surface area contributed by atoms with E-state index in [0.717, 1.165) is 0 Å². The molecule has 1 spiro atoms. The fraction of sp³-hybridized carbons (Fsp3) is 0.667. The Morgan fingerprint density at radius 2 is 1.50 bits per heavy atom. The molecule has 0 aliphatic heterocycles. The van der Waals surface area contributed by atoms with Crippen LogP contribution in [0.25, 0.3) is 0 Å². The van der Waals surface area contributed by atoms with Crippen LogP contribution in [-0.2, 0) is 14.4 Å². The lowest BCUT2D eigenvalue weighted by Gasteiger charge is -2.16. The van der Waals surface area contributed by atoms with Crippen molar-refractivity contribution in [1.82, 2.24) is 0 Å². The maximum Gasteiger partial charge on any atom is 0.147 e. The SMILES string of the molecule is O=C1CCC2(C1)C(=O)CCC2=O. The third-order valence-electron chi connectivity index (χ3n) is 2.98. The second kappa shape index (κ2) is 2.25. The van der Waals surface area contributed by atoms with Crippen molar-refractivity contribution in [3.05, 3.63) is 0 Å². The van der Waals surface area contributed by atoms with Crippen LogP contribution in [0.3, 0.4) is 0 Å². The van der Waals surface area contributed by atoms with Gasteiger partial charge >= 0.3 is 0 Å². The van der Waals surface area contributed by atoms with E-state index < -0.39 is 5.41 Å². The van der Waals surface area contributed by atoms with E-state index in [4.69, 9.17) is 0 Å². The fourth-order valence-corrected chi connectivity index (χ4v) is 2.20. The highest BCUT2D eigenvalue weighted by Gasteiger charge is 2.53. The average Bonchev–Trinajstić information content (AvgIpc) is 2.53. The smallest absolute Gasteiger partial charge is 0.147 e. The zero-order valence-electron chi connectivity index (χ0n) is 6.76. The second-order valence-corrected chi connectivity index (χ2v) is 3.64. The van der Waals surface area contributed by atoms with Gasteiger partial charge in [-0.25, -0.2) is 0 Å². The quantitative estimate of drug-likeness (QED) is 0.496. The van der Waals surface area contributed by atoms with Gasteiger partial charge in [-0.2, -0.15) is 0 Å². The fourth-order valence-electron chi connectivity index (χ4n) is 2.20. The predicted molar refractivity (Wildman–Crippen MR) is 40.5 cm³/mol. The number of rotatable bonds is 0. The zero-order chi connectivity index (χ0) is 8.77. The summed E-state index contributed by atoms with van der Waals surface area (Å²) < 4.78 is 0. The number of carbonyl (C=O) groups excluding carboxylic acids is 3. The molecule has 2 saturated carbocycles. The molecule has 0 atom stereocenters. The summed E-state index contributed by atoms with van der Waals surface area (Å²) in [6.45, 7) is 0. The summed E-state index contributed by atoms with van der Waals surface area (Å²) in [4.78, 5) is 33.8. The van der Waals surface area contributed by atoms with Crippen molar-refractivity contribution in [2.24, 2.45) is 5.41 Å². The zero-order valence-corrected chi connectivity index (χ0v) is 6.76. The van der Waals surface area contributed by atoms with Gasteiger partial charge < -0.3 is 0 Å². The van der Waals surface area contributed by atoms with Crippen molar-refractivity contribution in [2.45, 2.75) is 32.1 Å². The largest absolute Gasteiger partial charge is 0.300 e. The number of carbonyl (C=O) groups is 3. The van der Waals surface area contributed by atoms with E-state index in [1.807, 2.05) is 0 Å². The molecule has 0 N–H and O–H groups in total. The molecule has 0 saturated heterocycles. The van der Waals surface area contributed by atoms with Crippen LogP contribution in [0.15, 0.2) is 0 Å². The number of Topliss-reactive ketones (excluding diaryl/α,β-unsaturated/α-hetero) is 3. The van der Waals surface area contributed by atoms with Crippen LogP contribution < -0.4 is 0 Å². The highest BCUT2D eigenvalue weighted by molar-refractivity contribution is 6.16. The van der Waals surface area contributed by atoms with Gasteiger partial charge in [0, 0.05) is 25.7 Å². The molecule has 2 fully saturated rings. The van der Waals surface area contributed by atoms with Crippen molar-refractivity contribution in [3.63, 3.8) is 0 Å². The van der Waals surface area contributed by atoms with E-state index in [2.05, 4.69) is 0 Å².